The summed E-state index contributed by atoms with van der Waals surface area (Å²) in [6.45, 7) is 0. The summed E-state index contributed by atoms with van der Waals surface area (Å²) in [5, 5.41) is 2.16. The van der Waals surface area contributed by atoms with E-state index in [1.807, 2.05) is 60.9 Å². The minimum Gasteiger partial charge on any atom is -0.248 e. The molecule has 0 unspecified atom stereocenters. The SMILES string of the molecule is c1ccc(N(c2ccccc2)n2cnc3ccccc32)cc1. The summed E-state index contributed by atoms with van der Waals surface area (Å²) in [5.41, 5.74) is 4.25. The van der Waals surface area contributed by atoms with Crippen molar-refractivity contribution in [2.45, 2.75) is 0 Å². The first-order valence-corrected chi connectivity index (χ1v) is 7.26. The van der Waals surface area contributed by atoms with Crippen LogP contribution in [0.4, 0.5) is 11.4 Å². The van der Waals surface area contributed by atoms with Crippen molar-refractivity contribution in [3.8, 4) is 0 Å². The van der Waals surface area contributed by atoms with E-state index in [9.17, 15) is 0 Å². The van der Waals surface area contributed by atoms with Crippen molar-refractivity contribution < 1.29 is 0 Å². The second-order valence-electron chi connectivity index (χ2n) is 5.06. The molecular weight excluding hydrogens is 270 g/mol. The zero-order valence-corrected chi connectivity index (χ0v) is 12.0. The van der Waals surface area contributed by atoms with E-state index in [2.05, 4.69) is 45.0 Å². The number of para-hydroxylation sites is 4. The van der Waals surface area contributed by atoms with Crippen LogP contribution < -0.4 is 5.01 Å². The monoisotopic (exact) mass is 285 g/mol. The van der Waals surface area contributed by atoms with Gasteiger partial charge in [0.25, 0.3) is 0 Å². The lowest BCUT2D eigenvalue weighted by Gasteiger charge is -2.26. The number of aromatic nitrogens is 2. The maximum absolute atomic E-state index is 4.51. The van der Waals surface area contributed by atoms with Crippen molar-refractivity contribution in [2.24, 2.45) is 0 Å². The molecule has 0 aliphatic carbocycles. The van der Waals surface area contributed by atoms with E-state index in [4.69, 9.17) is 0 Å². The molecule has 3 nitrogen and oxygen atoms in total. The average Bonchev–Trinajstić information content (AvgIpc) is 3.01. The fourth-order valence-corrected chi connectivity index (χ4v) is 2.64. The van der Waals surface area contributed by atoms with E-state index in [-0.39, 0.29) is 0 Å². The highest BCUT2D eigenvalue weighted by atomic mass is 15.6. The van der Waals surface area contributed by atoms with E-state index in [1.165, 1.54) is 0 Å². The van der Waals surface area contributed by atoms with Crippen molar-refractivity contribution in [1.82, 2.24) is 9.66 Å². The van der Waals surface area contributed by atoms with Crippen molar-refractivity contribution in [1.29, 1.82) is 0 Å². The zero-order valence-electron chi connectivity index (χ0n) is 12.0. The van der Waals surface area contributed by atoms with Gasteiger partial charge in [0.05, 0.1) is 22.4 Å². The van der Waals surface area contributed by atoms with Crippen LogP contribution in [0.1, 0.15) is 0 Å². The lowest BCUT2D eigenvalue weighted by atomic mass is 10.2. The molecule has 0 radical (unpaired) electrons. The minimum atomic E-state index is 0.986. The molecular formula is C19H15N3. The second kappa shape index (κ2) is 5.37. The molecule has 106 valence electrons. The fraction of sp³-hybridized carbons (Fsp3) is 0. The third kappa shape index (κ3) is 2.13. The van der Waals surface area contributed by atoms with Gasteiger partial charge in [0, 0.05) is 0 Å². The quantitative estimate of drug-likeness (QED) is 0.547. The number of rotatable bonds is 3. The molecule has 0 spiro atoms. The molecule has 4 aromatic rings. The Kier molecular flexibility index (Phi) is 3.09. The van der Waals surface area contributed by atoms with Crippen molar-refractivity contribution in [2.75, 3.05) is 5.01 Å². The number of nitrogens with zero attached hydrogens (tertiary/aromatic N) is 3. The van der Waals surface area contributed by atoms with Gasteiger partial charge < -0.3 is 0 Å². The molecule has 0 aliphatic rings. The van der Waals surface area contributed by atoms with Gasteiger partial charge in [0.15, 0.2) is 0 Å². The minimum absolute atomic E-state index is 0.986. The first-order valence-electron chi connectivity index (χ1n) is 7.26. The Bertz CT molecular complexity index is 843. The summed E-state index contributed by atoms with van der Waals surface area (Å²) in [4.78, 5) is 4.51. The summed E-state index contributed by atoms with van der Waals surface area (Å²) in [6, 6.07) is 28.8. The zero-order chi connectivity index (χ0) is 14.8. The molecule has 0 saturated heterocycles. The van der Waals surface area contributed by atoms with Gasteiger partial charge in [-0.1, -0.05) is 48.5 Å². The van der Waals surface area contributed by atoms with Crippen LogP contribution in [0.2, 0.25) is 0 Å². The number of anilines is 2. The molecule has 0 fully saturated rings. The van der Waals surface area contributed by atoms with Crippen LogP contribution in [0.5, 0.6) is 0 Å². The topological polar surface area (TPSA) is 21.1 Å². The largest absolute Gasteiger partial charge is 0.248 e. The number of benzene rings is 3. The van der Waals surface area contributed by atoms with Crippen LogP contribution >= 0.6 is 0 Å². The lowest BCUT2D eigenvalue weighted by molar-refractivity contribution is 0.841. The third-order valence-electron chi connectivity index (χ3n) is 3.65. The third-order valence-corrected chi connectivity index (χ3v) is 3.65. The highest BCUT2D eigenvalue weighted by Crippen LogP contribution is 2.28. The Morgan fingerprint density at radius 2 is 1.18 bits per heavy atom. The predicted molar refractivity (Wildman–Crippen MR) is 90.2 cm³/mol. The lowest BCUT2D eigenvalue weighted by Crippen LogP contribution is -2.23. The second-order valence-corrected chi connectivity index (χ2v) is 5.06. The molecule has 1 aromatic heterocycles. The van der Waals surface area contributed by atoms with E-state index in [1.54, 1.807) is 0 Å². The van der Waals surface area contributed by atoms with Gasteiger partial charge in [-0.3, -0.25) is 0 Å². The Labute approximate surface area is 129 Å². The van der Waals surface area contributed by atoms with Gasteiger partial charge in [-0.15, -0.1) is 0 Å². The van der Waals surface area contributed by atoms with Crippen LogP contribution in [0.15, 0.2) is 91.3 Å². The smallest absolute Gasteiger partial charge is 0.116 e. The van der Waals surface area contributed by atoms with Gasteiger partial charge in [0.1, 0.15) is 6.33 Å². The summed E-state index contributed by atoms with van der Waals surface area (Å²) < 4.78 is 2.08. The highest BCUT2D eigenvalue weighted by Gasteiger charge is 2.13. The molecule has 1 heterocycles. The van der Waals surface area contributed by atoms with Crippen LogP contribution in [-0.2, 0) is 0 Å². The van der Waals surface area contributed by atoms with Crippen LogP contribution in [-0.4, -0.2) is 9.66 Å². The molecule has 0 N–H and O–H groups in total. The Balaban J connectivity index is 1.95. The number of hydrogen-bond acceptors (Lipinski definition) is 2. The normalized spacial score (nSPS) is 10.7. The molecule has 3 heteroatoms. The predicted octanol–water partition coefficient (Wildman–Crippen LogP) is 4.64. The van der Waals surface area contributed by atoms with Crippen molar-refractivity contribution >= 4 is 22.4 Å². The van der Waals surface area contributed by atoms with Gasteiger partial charge in [-0.2, -0.15) is 0 Å². The van der Waals surface area contributed by atoms with E-state index < -0.39 is 0 Å². The standard InChI is InChI=1S/C19H15N3/c1-3-9-16(10-4-1)22(17-11-5-2-6-12-17)21-15-20-18-13-7-8-14-19(18)21/h1-15H. The number of imidazole rings is 1. The summed E-state index contributed by atoms with van der Waals surface area (Å²) in [7, 11) is 0. The average molecular weight is 285 g/mol. The highest BCUT2D eigenvalue weighted by molar-refractivity contribution is 5.78. The van der Waals surface area contributed by atoms with E-state index in [0.717, 1.165) is 22.4 Å². The first-order chi connectivity index (χ1) is 10.9. The number of hydrogen-bond donors (Lipinski definition) is 0. The van der Waals surface area contributed by atoms with E-state index in [0.29, 0.717) is 0 Å². The molecule has 3 aromatic carbocycles. The number of fused-ring (bicyclic) bond motifs is 1. The molecule has 0 amide bonds. The Morgan fingerprint density at radius 3 is 1.82 bits per heavy atom. The maximum Gasteiger partial charge on any atom is 0.116 e. The van der Waals surface area contributed by atoms with Crippen molar-refractivity contribution in [3.63, 3.8) is 0 Å². The van der Waals surface area contributed by atoms with Crippen molar-refractivity contribution in [3.05, 3.63) is 91.3 Å². The molecule has 22 heavy (non-hydrogen) atoms. The Morgan fingerprint density at radius 1 is 0.636 bits per heavy atom. The molecule has 4 rings (SSSR count). The van der Waals surface area contributed by atoms with Crippen LogP contribution in [0.3, 0.4) is 0 Å². The molecule has 0 aliphatic heterocycles. The fourth-order valence-electron chi connectivity index (χ4n) is 2.64. The molecule has 0 saturated carbocycles. The van der Waals surface area contributed by atoms with Gasteiger partial charge in [-0.05, 0) is 36.4 Å². The van der Waals surface area contributed by atoms with E-state index >= 15 is 0 Å². The van der Waals surface area contributed by atoms with Crippen LogP contribution in [0, 0.1) is 0 Å². The van der Waals surface area contributed by atoms with Gasteiger partial charge in [0.2, 0.25) is 0 Å². The summed E-state index contributed by atoms with van der Waals surface area (Å²) in [5.74, 6) is 0. The summed E-state index contributed by atoms with van der Waals surface area (Å²) >= 11 is 0. The maximum atomic E-state index is 4.51. The van der Waals surface area contributed by atoms with Gasteiger partial charge >= 0.3 is 0 Å². The van der Waals surface area contributed by atoms with Crippen LogP contribution in [0.25, 0.3) is 11.0 Å². The summed E-state index contributed by atoms with van der Waals surface area (Å²) in [6.07, 6.45) is 1.87. The first kappa shape index (κ1) is 12.7. The molecule has 0 atom stereocenters. The van der Waals surface area contributed by atoms with Gasteiger partial charge in [-0.25, -0.2) is 14.7 Å². The Hall–Kier alpha value is -3.07. The molecule has 0 bridgehead atoms.